The summed E-state index contributed by atoms with van der Waals surface area (Å²) in [4.78, 5) is 29.2. The molecule has 2 aromatic rings. The van der Waals surface area contributed by atoms with Crippen molar-refractivity contribution in [2.45, 2.75) is 58.6 Å². The Hall–Kier alpha value is -2.64. The highest BCUT2D eigenvalue weighted by Crippen LogP contribution is 2.16. The van der Waals surface area contributed by atoms with Crippen LogP contribution in [0.1, 0.15) is 49.7 Å². The van der Waals surface area contributed by atoms with E-state index in [0.29, 0.717) is 45.6 Å². The van der Waals surface area contributed by atoms with Gasteiger partial charge in [-0.05, 0) is 63.8 Å². The topological polar surface area (TPSA) is 72.2 Å². The summed E-state index contributed by atoms with van der Waals surface area (Å²) in [5.74, 6) is 1.49. The molecule has 1 aliphatic rings. The first-order valence-corrected chi connectivity index (χ1v) is 12.4. The molecule has 1 aromatic carbocycles. The quantitative estimate of drug-likeness (QED) is 0.389. The fraction of sp³-hybridized carbons (Fsp3) is 0.556. The first-order valence-electron chi connectivity index (χ1n) is 12.4. The van der Waals surface area contributed by atoms with Gasteiger partial charge >= 0.3 is 5.97 Å². The van der Waals surface area contributed by atoms with Crippen LogP contribution in [0.5, 0.6) is 0 Å². The third-order valence-corrected chi connectivity index (χ3v) is 6.01. The Morgan fingerprint density at radius 2 is 1.94 bits per heavy atom. The number of ether oxygens (including phenoxy) is 2. The van der Waals surface area contributed by atoms with Crippen molar-refractivity contribution in [1.29, 1.82) is 0 Å². The predicted molar refractivity (Wildman–Crippen MR) is 130 cm³/mol. The summed E-state index contributed by atoms with van der Waals surface area (Å²) >= 11 is 0. The predicted octanol–water partition coefficient (Wildman–Crippen LogP) is 3.98. The fourth-order valence-electron chi connectivity index (χ4n) is 4.24. The molecule has 1 atom stereocenters. The molecule has 34 heavy (non-hydrogen) atoms. The Labute approximate surface area is 203 Å². The second kappa shape index (κ2) is 13.9. The summed E-state index contributed by atoms with van der Waals surface area (Å²) < 4.78 is 16.6. The van der Waals surface area contributed by atoms with Crippen LogP contribution in [0.25, 0.3) is 0 Å². The van der Waals surface area contributed by atoms with Crippen molar-refractivity contribution in [3.63, 3.8) is 0 Å². The van der Waals surface area contributed by atoms with Crippen LogP contribution >= 0.6 is 0 Å². The van der Waals surface area contributed by atoms with Gasteiger partial charge in [-0.1, -0.05) is 30.3 Å². The highest BCUT2D eigenvalue weighted by Gasteiger charge is 2.24. The number of aryl methyl sites for hydroxylation is 1. The van der Waals surface area contributed by atoms with E-state index in [-0.39, 0.29) is 24.5 Å². The Bertz CT molecular complexity index is 876. The average Bonchev–Trinajstić information content (AvgIpc) is 3.48. The highest BCUT2D eigenvalue weighted by molar-refractivity contribution is 5.78. The van der Waals surface area contributed by atoms with Gasteiger partial charge in [-0.2, -0.15) is 0 Å². The largest absolute Gasteiger partial charge is 0.466 e. The molecule has 0 unspecified atom stereocenters. The zero-order valence-electron chi connectivity index (χ0n) is 20.5. The van der Waals surface area contributed by atoms with Gasteiger partial charge in [0.25, 0.3) is 0 Å². The maximum absolute atomic E-state index is 13.5. The third kappa shape index (κ3) is 8.95. The summed E-state index contributed by atoms with van der Waals surface area (Å²) in [6, 6.07) is 14.1. The minimum atomic E-state index is -0.191. The minimum Gasteiger partial charge on any atom is -0.466 e. The van der Waals surface area contributed by atoms with Crippen LogP contribution in [0.15, 0.2) is 46.9 Å². The lowest BCUT2D eigenvalue weighted by molar-refractivity contribution is -0.143. The highest BCUT2D eigenvalue weighted by atomic mass is 16.5. The van der Waals surface area contributed by atoms with Gasteiger partial charge in [-0.25, -0.2) is 0 Å². The number of carbonyl (C=O) groups excluding carboxylic acids is 2. The van der Waals surface area contributed by atoms with E-state index < -0.39 is 0 Å². The van der Waals surface area contributed by atoms with E-state index in [0.717, 1.165) is 37.4 Å². The van der Waals surface area contributed by atoms with Crippen molar-refractivity contribution >= 4 is 11.9 Å². The van der Waals surface area contributed by atoms with Crippen LogP contribution in [0.4, 0.5) is 0 Å². The summed E-state index contributed by atoms with van der Waals surface area (Å²) in [6.07, 6.45) is 3.98. The Kier molecular flexibility index (Phi) is 10.6. The van der Waals surface area contributed by atoms with Crippen LogP contribution in [0.2, 0.25) is 0 Å². The maximum atomic E-state index is 13.5. The number of benzene rings is 1. The number of rotatable bonds is 14. The standard InChI is InChI=1S/C27H38N2O5/c1-3-32-27(31)12-7-16-28(19-24-11-8-18-33-24)21-26(30)29(20-25-14-13-22(2)34-25)17-15-23-9-5-4-6-10-23/h4-6,9-10,13-14,24H,3,7-8,11-12,15-21H2,1-2H3/t24-/m0/s1. The molecular formula is C27H38N2O5. The third-order valence-electron chi connectivity index (χ3n) is 6.01. The molecule has 0 spiro atoms. The van der Waals surface area contributed by atoms with E-state index in [1.807, 2.05) is 49.1 Å². The van der Waals surface area contributed by atoms with Crippen LogP contribution in [0, 0.1) is 6.92 Å². The van der Waals surface area contributed by atoms with Gasteiger partial charge in [0.15, 0.2) is 0 Å². The van der Waals surface area contributed by atoms with Crippen LogP contribution in [0.3, 0.4) is 0 Å². The molecule has 186 valence electrons. The molecule has 0 radical (unpaired) electrons. The zero-order chi connectivity index (χ0) is 24.2. The first-order chi connectivity index (χ1) is 16.5. The van der Waals surface area contributed by atoms with E-state index in [1.165, 1.54) is 5.56 Å². The molecule has 1 aromatic heterocycles. The van der Waals surface area contributed by atoms with Gasteiger partial charge in [-0.3, -0.25) is 14.5 Å². The molecule has 1 saturated heterocycles. The lowest BCUT2D eigenvalue weighted by Gasteiger charge is -2.28. The van der Waals surface area contributed by atoms with Crippen molar-refractivity contribution in [1.82, 2.24) is 9.80 Å². The van der Waals surface area contributed by atoms with Gasteiger partial charge in [0.1, 0.15) is 11.5 Å². The number of hydrogen-bond acceptors (Lipinski definition) is 6. The van der Waals surface area contributed by atoms with E-state index in [2.05, 4.69) is 17.0 Å². The average molecular weight is 471 g/mol. The zero-order valence-corrected chi connectivity index (χ0v) is 20.5. The van der Waals surface area contributed by atoms with Crippen LogP contribution in [-0.4, -0.2) is 67.2 Å². The van der Waals surface area contributed by atoms with Gasteiger partial charge in [-0.15, -0.1) is 0 Å². The molecule has 7 nitrogen and oxygen atoms in total. The Balaban J connectivity index is 1.63. The molecule has 1 amide bonds. The lowest BCUT2D eigenvalue weighted by Crippen LogP contribution is -2.43. The number of amides is 1. The second-order valence-electron chi connectivity index (χ2n) is 8.84. The van der Waals surface area contributed by atoms with Crippen molar-refractivity contribution in [2.24, 2.45) is 0 Å². The van der Waals surface area contributed by atoms with Crippen molar-refractivity contribution in [3.8, 4) is 0 Å². The van der Waals surface area contributed by atoms with Gasteiger partial charge in [0.05, 0.1) is 25.8 Å². The van der Waals surface area contributed by atoms with E-state index in [9.17, 15) is 9.59 Å². The van der Waals surface area contributed by atoms with Gasteiger partial charge in [0, 0.05) is 26.1 Å². The smallest absolute Gasteiger partial charge is 0.305 e. The lowest BCUT2D eigenvalue weighted by atomic mass is 10.1. The maximum Gasteiger partial charge on any atom is 0.305 e. The molecule has 0 bridgehead atoms. The molecule has 1 aliphatic heterocycles. The van der Waals surface area contributed by atoms with Crippen molar-refractivity contribution < 1.29 is 23.5 Å². The van der Waals surface area contributed by atoms with E-state index in [4.69, 9.17) is 13.9 Å². The molecular weight excluding hydrogens is 432 g/mol. The first kappa shape index (κ1) is 26.0. The number of esters is 1. The summed E-state index contributed by atoms with van der Waals surface area (Å²) in [5, 5.41) is 0. The number of hydrogen-bond donors (Lipinski definition) is 0. The minimum absolute atomic E-state index is 0.0547. The monoisotopic (exact) mass is 470 g/mol. The molecule has 0 saturated carbocycles. The SMILES string of the molecule is CCOC(=O)CCCN(CC(=O)N(CCc1ccccc1)Cc1ccc(C)o1)C[C@@H]1CCCO1. The normalized spacial score (nSPS) is 15.6. The number of nitrogens with zero attached hydrogens (tertiary/aromatic N) is 2. The Morgan fingerprint density at radius 1 is 1.12 bits per heavy atom. The second-order valence-corrected chi connectivity index (χ2v) is 8.84. The van der Waals surface area contributed by atoms with Crippen LogP contribution < -0.4 is 0 Å². The molecule has 2 heterocycles. The van der Waals surface area contributed by atoms with E-state index in [1.54, 1.807) is 0 Å². The summed E-state index contributed by atoms with van der Waals surface area (Å²) in [5.41, 5.74) is 1.20. The van der Waals surface area contributed by atoms with E-state index >= 15 is 0 Å². The number of carbonyl (C=O) groups is 2. The Morgan fingerprint density at radius 3 is 2.62 bits per heavy atom. The number of furan rings is 1. The molecule has 1 fully saturated rings. The molecule has 7 heteroatoms. The van der Waals surface area contributed by atoms with Gasteiger partial charge in [0.2, 0.25) is 5.91 Å². The molecule has 3 rings (SSSR count). The van der Waals surface area contributed by atoms with Crippen molar-refractivity contribution in [2.75, 3.05) is 39.4 Å². The molecule has 0 aliphatic carbocycles. The van der Waals surface area contributed by atoms with Crippen molar-refractivity contribution in [3.05, 3.63) is 59.5 Å². The fourth-order valence-corrected chi connectivity index (χ4v) is 4.24. The van der Waals surface area contributed by atoms with Crippen LogP contribution in [-0.2, 0) is 32.0 Å². The molecule has 0 N–H and O–H groups in total. The summed E-state index contributed by atoms with van der Waals surface area (Å²) in [6.45, 7) is 7.57. The van der Waals surface area contributed by atoms with Gasteiger partial charge < -0.3 is 18.8 Å². The summed E-state index contributed by atoms with van der Waals surface area (Å²) in [7, 11) is 0.